The number of rotatable bonds is 12. The molecule has 0 radical (unpaired) electrons. The van der Waals surface area contributed by atoms with Crippen molar-refractivity contribution in [2.24, 2.45) is 5.92 Å². The van der Waals surface area contributed by atoms with Gasteiger partial charge < -0.3 is 24.8 Å². The number of carbonyl (C=O) groups excluding carboxylic acids is 1. The molecule has 0 bridgehead atoms. The first-order chi connectivity index (χ1) is 19.0. The van der Waals surface area contributed by atoms with Gasteiger partial charge in [0.05, 0.1) is 31.8 Å². The summed E-state index contributed by atoms with van der Waals surface area (Å²) in [5.41, 5.74) is 5.05. The van der Waals surface area contributed by atoms with Crippen LogP contribution in [0.4, 0.5) is 10.3 Å². The van der Waals surface area contributed by atoms with Crippen LogP contribution >= 0.6 is 7.60 Å². The van der Waals surface area contributed by atoms with Crippen molar-refractivity contribution in [3.63, 3.8) is 0 Å². The SMILES string of the molecule is CC(C)OC(=O)C(C)NCP(=O)(OCC1OC(n2cnc3c(=O)[nH]c(N)nc32)C(O)C1CF)Oc1ccccc1. The van der Waals surface area contributed by atoms with Crippen molar-refractivity contribution in [1.82, 2.24) is 24.8 Å². The summed E-state index contributed by atoms with van der Waals surface area (Å²) in [6.07, 6.45) is -3.15. The zero-order chi connectivity index (χ0) is 29.0. The maximum atomic E-state index is 14.1. The Morgan fingerprint density at radius 3 is 2.73 bits per heavy atom. The smallest absolute Gasteiger partial charge is 0.393 e. The number of benzene rings is 1. The second kappa shape index (κ2) is 12.4. The Labute approximate surface area is 228 Å². The third-order valence-electron chi connectivity index (χ3n) is 6.15. The van der Waals surface area contributed by atoms with Crippen LogP contribution in [0.2, 0.25) is 0 Å². The predicted octanol–water partition coefficient (Wildman–Crippen LogP) is 1.72. The molecule has 1 fully saturated rings. The molecule has 0 spiro atoms. The number of anilines is 1. The molecule has 4 rings (SSSR count). The molecule has 5 N–H and O–H groups in total. The molecule has 1 aliphatic rings. The molecule has 1 aliphatic heterocycles. The maximum Gasteiger partial charge on any atom is 0.393 e. The highest BCUT2D eigenvalue weighted by atomic mass is 31.2. The lowest BCUT2D eigenvalue weighted by atomic mass is 10.0. The summed E-state index contributed by atoms with van der Waals surface area (Å²) in [5, 5.41) is 13.7. The number of ether oxygens (including phenoxy) is 2. The summed E-state index contributed by atoms with van der Waals surface area (Å²) >= 11 is 0. The molecule has 1 saturated heterocycles. The minimum absolute atomic E-state index is 0.0361. The Morgan fingerprint density at radius 1 is 1.32 bits per heavy atom. The van der Waals surface area contributed by atoms with Gasteiger partial charge in [-0.3, -0.25) is 33.4 Å². The molecule has 2 aromatic heterocycles. The predicted molar refractivity (Wildman–Crippen MR) is 141 cm³/mol. The van der Waals surface area contributed by atoms with E-state index in [1.54, 1.807) is 51.1 Å². The number of alkyl halides is 1. The molecular formula is C24H32FN6O8P. The molecule has 0 amide bonds. The number of imidazole rings is 1. The van der Waals surface area contributed by atoms with E-state index in [4.69, 9.17) is 24.3 Å². The number of carbonyl (C=O) groups is 1. The number of esters is 1. The van der Waals surface area contributed by atoms with Gasteiger partial charge in [-0.2, -0.15) is 4.98 Å². The lowest BCUT2D eigenvalue weighted by molar-refractivity contribution is -0.149. The van der Waals surface area contributed by atoms with E-state index >= 15 is 0 Å². The Hall–Kier alpha value is -3.36. The van der Waals surface area contributed by atoms with Gasteiger partial charge in [-0.25, -0.2) is 9.55 Å². The highest BCUT2D eigenvalue weighted by molar-refractivity contribution is 7.54. The number of halogens is 1. The molecule has 16 heteroatoms. The summed E-state index contributed by atoms with van der Waals surface area (Å²) in [6, 6.07) is 7.43. The molecule has 1 aromatic carbocycles. The van der Waals surface area contributed by atoms with Crippen molar-refractivity contribution in [3.8, 4) is 5.75 Å². The van der Waals surface area contributed by atoms with Crippen molar-refractivity contribution in [2.45, 2.75) is 51.4 Å². The van der Waals surface area contributed by atoms with Crippen molar-refractivity contribution in [2.75, 3.05) is 25.3 Å². The second-order valence-corrected chi connectivity index (χ2v) is 11.5. The number of nitrogens with one attached hydrogen (secondary N) is 2. The Morgan fingerprint density at radius 2 is 2.05 bits per heavy atom. The van der Waals surface area contributed by atoms with Gasteiger partial charge >= 0.3 is 13.6 Å². The molecule has 6 unspecified atom stereocenters. The van der Waals surface area contributed by atoms with E-state index in [1.165, 1.54) is 10.9 Å². The fourth-order valence-corrected chi connectivity index (χ4v) is 5.63. The van der Waals surface area contributed by atoms with Crippen LogP contribution in [0.15, 0.2) is 41.5 Å². The average Bonchev–Trinajstić information content (AvgIpc) is 3.46. The van der Waals surface area contributed by atoms with Gasteiger partial charge in [-0.1, -0.05) is 18.2 Å². The largest absolute Gasteiger partial charge is 0.462 e. The van der Waals surface area contributed by atoms with Gasteiger partial charge in [0.2, 0.25) is 5.95 Å². The monoisotopic (exact) mass is 582 g/mol. The number of nitrogen functional groups attached to an aromatic ring is 1. The zero-order valence-corrected chi connectivity index (χ0v) is 23.0. The van der Waals surface area contributed by atoms with Gasteiger partial charge in [0.1, 0.15) is 24.2 Å². The number of nitrogens with two attached hydrogens (primary N) is 1. The van der Waals surface area contributed by atoms with E-state index in [2.05, 4.69) is 20.3 Å². The number of hydrogen-bond donors (Lipinski definition) is 4. The average molecular weight is 583 g/mol. The summed E-state index contributed by atoms with van der Waals surface area (Å²) in [4.78, 5) is 34.7. The van der Waals surface area contributed by atoms with Crippen molar-refractivity contribution in [3.05, 3.63) is 47.0 Å². The van der Waals surface area contributed by atoms with E-state index in [0.717, 1.165) is 0 Å². The molecule has 40 heavy (non-hydrogen) atoms. The molecule has 3 aromatic rings. The summed E-state index contributed by atoms with van der Waals surface area (Å²) in [5.74, 6) is -1.56. The first-order valence-electron chi connectivity index (χ1n) is 12.5. The van der Waals surface area contributed by atoms with Crippen LogP contribution in [0.3, 0.4) is 0 Å². The minimum atomic E-state index is -4.01. The Kier molecular flexibility index (Phi) is 9.21. The lowest BCUT2D eigenvalue weighted by Crippen LogP contribution is -2.38. The van der Waals surface area contributed by atoms with E-state index in [9.17, 15) is 23.7 Å². The Bertz CT molecular complexity index is 1420. The zero-order valence-electron chi connectivity index (χ0n) is 22.1. The van der Waals surface area contributed by atoms with Gasteiger partial charge in [0.25, 0.3) is 5.56 Å². The van der Waals surface area contributed by atoms with E-state index < -0.39 is 62.8 Å². The van der Waals surface area contributed by atoms with Crippen LogP contribution < -0.4 is 21.1 Å². The van der Waals surface area contributed by atoms with Crippen molar-refractivity contribution in [1.29, 1.82) is 0 Å². The summed E-state index contributed by atoms with van der Waals surface area (Å²) in [6.45, 7) is 3.53. The molecule has 3 heterocycles. The van der Waals surface area contributed by atoms with Gasteiger partial charge in [-0.15, -0.1) is 0 Å². The van der Waals surface area contributed by atoms with Crippen LogP contribution in [0.1, 0.15) is 27.0 Å². The fraction of sp³-hybridized carbons (Fsp3) is 0.500. The number of para-hydroxylation sites is 1. The molecular weight excluding hydrogens is 550 g/mol. The molecule has 14 nitrogen and oxygen atoms in total. The standard InChI is InChI=1S/C24H32FN6O8P/c1-13(2)37-23(34)14(3)28-12-40(35,39-15-7-5-4-6-8-15)36-10-17-16(9-25)19(32)22(38-17)31-11-27-18-20(31)29-24(26)30-21(18)33/h4-8,11,13-14,16-17,19,22,28,32H,9-10,12H2,1-3H3,(H3,26,29,30,33). The number of hydrogen-bond acceptors (Lipinski definition) is 12. The number of aliphatic hydroxyl groups excluding tert-OH is 1. The van der Waals surface area contributed by atoms with Crippen LogP contribution in [-0.2, 0) is 23.4 Å². The van der Waals surface area contributed by atoms with Gasteiger partial charge in [0.15, 0.2) is 17.4 Å². The number of fused-ring (bicyclic) bond motifs is 1. The topological polar surface area (TPSA) is 193 Å². The van der Waals surface area contributed by atoms with Crippen LogP contribution in [0.5, 0.6) is 5.75 Å². The number of aromatic amines is 1. The number of aromatic nitrogens is 4. The van der Waals surface area contributed by atoms with Crippen LogP contribution in [0.25, 0.3) is 11.2 Å². The number of H-pyrrole nitrogens is 1. The van der Waals surface area contributed by atoms with Gasteiger partial charge in [0, 0.05) is 5.92 Å². The quantitative estimate of drug-likeness (QED) is 0.179. The summed E-state index contributed by atoms with van der Waals surface area (Å²) in [7, 11) is -4.01. The summed E-state index contributed by atoms with van der Waals surface area (Å²) < 4.78 is 51.6. The molecule has 0 aliphatic carbocycles. The number of aliphatic hydroxyl groups is 1. The van der Waals surface area contributed by atoms with Crippen LogP contribution in [-0.4, -0.2) is 74.5 Å². The van der Waals surface area contributed by atoms with E-state index in [0.29, 0.717) is 0 Å². The minimum Gasteiger partial charge on any atom is -0.462 e. The molecule has 218 valence electrons. The van der Waals surface area contributed by atoms with Crippen molar-refractivity contribution < 1.29 is 37.4 Å². The van der Waals surface area contributed by atoms with Crippen molar-refractivity contribution >= 4 is 30.7 Å². The highest BCUT2D eigenvalue weighted by Gasteiger charge is 2.46. The maximum absolute atomic E-state index is 14.1. The number of nitrogens with zero attached hydrogens (tertiary/aromatic N) is 3. The second-order valence-electron chi connectivity index (χ2n) is 9.53. The highest BCUT2D eigenvalue weighted by Crippen LogP contribution is 2.48. The lowest BCUT2D eigenvalue weighted by Gasteiger charge is -2.24. The van der Waals surface area contributed by atoms with Gasteiger partial charge in [-0.05, 0) is 32.9 Å². The fourth-order valence-electron chi connectivity index (χ4n) is 4.10. The first kappa shape index (κ1) is 29.6. The van der Waals surface area contributed by atoms with E-state index in [-0.39, 0.29) is 35.3 Å². The third kappa shape index (κ3) is 6.67. The third-order valence-corrected chi connectivity index (χ3v) is 7.75. The first-order valence-corrected chi connectivity index (χ1v) is 14.3. The normalized spacial score (nSPS) is 23.2. The molecule has 0 saturated carbocycles. The molecule has 6 atom stereocenters. The van der Waals surface area contributed by atoms with E-state index in [1.807, 2.05) is 0 Å². The Balaban J connectivity index is 1.51. The van der Waals surface area contributed by atoms with Crippen LogP contribution in [0, 0.1) is 5.92 Å².